The number of anilines is 1. The van der Waals surface area contributed by atoms with Gasteiger partial charge in [-0.25, -0.2) is 0 Å². The molecule has 1 saturated heterocycles. The van der Waals surface area contributed by atoms with Gasteiger partial charge in [-0.05, 0) is 36.8 Å². The summed E-state index contributed by atoms with van der Waals surface area (Å²) in [4.78, 5) is 31.1. The fourth-order valence-electron chi connectivity index (χ4n) is 3.55. The van der Waals surface area contributed by atoms with Gasteiger partial charge in [0.15, 0.2) is 5.82 Å². The number of amides is 2. The predicted octanol–water partition coefficient (Wildman–Crippen LogP) is 3.38. The number of hydrogen-bond acceptors (Lipinski definition) is 6. The van der Waals surface area contributed by atoms with Crippen molar-refractivity contribution in [3.63, 3.8) is 0 Å². The minimum absolute atomic E-state index is 0.0994. The Kier molecular flexibility index (Phi) is 5.90. The van der Waals surface area contributed by atoms with Crippen molar-refractivity contribution in [3.8, 4) is 17.2 Å². The number of hydrogen-bond donors (Lipinski definition) is 1. The molecule has 0 spiro atoms. The lowest BCUT2D eigenvalue weighted by molar-refractivity contribution is -0.126. The van der Waals surface area contributed by atoms with E-state index in [9.17, 15) is 9.59 Å². The quantitative estimate of drug-likeness (QED) is 0.631. The van der Waals surface area contributed by atoms with Crippen LogP contribution in [0.2, 0.25) is 5.02 Å². The van der Waals surface area contributed by atoms with Crippen molar-refractivity contribution < 1.29 is 18.8 Å². The second kappa shape index (κ2) is 8.77. The molecule has 0 unspecified atom stereocenters. The first-order valence-corrected chi connectivity index (χ1v) is 10.1. The molecule has 1 atom stereocenters. The molecule has 9 heteroatoms. The number of ether oxygens (including phenoxy) is 1. The fraction of sp³-hybridized carbons (Fsp3) is 0.273. The third kappa shape index (κ3) is 4.39. The highest BCUT2D eigenvalue weighted by Gasteiger charge is 2.36. The van der Waals surface area contributed by atoms with E-state index in [1.807, 2.05) is 31.2 Å². The molecule has 4 rings (SSSR count). The summed E-state index contributed by atoms with van der Waals surface area (Å²) in [6.07, 6.45) is 0.0994. The maximum atomic E-state index is 12.7. The topological polar surface area (TPSA) is 97.6 Å². The van der Waals surface area contributed by atoms with Gasteiger partial charge in [0.1, 0.15) is 5.75 Å². The molecule has 31 heavy (non-hydrogen) atoms. The van der Waals surface area contributed by atoms with E-state index in [-0.39, 0.29) is 31.3 Å². The summed E-state index contributed by atoms with van der Waals surface area (Å²) in [5.74, 6) is 0.372. The molecule has 0 bridgehead atoms. The zero-order chi connectivity index (χ0) is 22.0. The van der Waals surface area contributed by atoms with Crippen LogP contribution in [0.5, 0.6) is 5.75 Å². The van der Waals surface area contributed by atoms with Gasteiger partial charge in [-0.3, -0.25) is 9.59 Å². The third-order valence-electron chi connectivity index (χ3n) is 5.19. The molecule has 1 fully saturated rings. The monoisotopic (exact) mass is 440 g/mol. The van der Waals surface area contributed by atoms with E-state index in [1.54, 1.807) is 18.2 Å². The lowest BCUT2D eigenvalue weighted by Gasteiger charge is -2.19. The number of nitrogens with one attached hydrogen (secondary N) is 1. The number of nitrogens with zero attached hydrogens (tertiary/aromatic N) is 3. The summed E-state index contributed by atoms with van der Waals surface area (Å²) in [6.45, 7) is 2.31. The molecule has 160 valence electrons. The fourth-order valence-corrected chi connectivity index (χ4v) is 3.71. The van der Waals surface area contributed by atoms with E-state index in [0.29, 0.717) is 28.2 Å². The minimum atomic E-state index is -0.501. The van der Waals surface area contributed by atoms with E-state index in [4.69, 9.17) is 20.9 Å². The van der Waals surface area contributed by atoms with Crippen LogP contribution in [-0.4, -0.2) is 35.6 Å². The van der Waals surface area contributed by atoms with Gasteiger partial charge in [0, 0.05) is 23.6 Å². The van der Waals surface area contributed by atoms with Crippen LogP contribution in [0.15, 0.2) is 47.0 Å². The SMILES string of the molecule is COc1ccc(Cl)cc1N1C[C@@H](C(=O)NCc2noc(-c3ccccc3C)n2)CC1=O. The van der Waals surface area contributed by atoms with Crippen LogP contribution in [-0.2, 0) is 16.1 Å². The van der Waals surface area contributed by atoms with Gasteiger partial charge in [-0.1, -0.05) is 35.0 Å². The smallest absolute Gasteiger partial charge is 0.258 e. The van der Waals surface area contributed by atoms with Crippen molar-refractivity contribution in [2.45, 2.75) is 19.9 Å². The first kappa shape index (κ1) is 20.9. The molecule has 1 aromatic heterocycles. The summed E-state index contributed by atoms with van der Waals surface area (Å²) in [5.41, 5.74) is 2.42. The number of halogens is 1. The zero-order valence-corrected chi connectivity index (χ0v) is 17.8. The van der Waals surface area contributed by atoms with Gasteiger partial charge in [0.25, 0.3) is 5.89 Å². The Labute approximate surface area is 184 Å². The average molecular weight is 441 g/mol. The lowest BCUT2D eigenvalue weighted by Crippen LogP contribution is -2.33. The summed E-state index contributed by atoms with van der Waals surface area (Å²) >= 11 is 6.08. The molecule has 0 aliphatic carbocycles. The molecular weight excluding hydrogens is 420 g/mol. The Morgan fingerprint density at radius 3 is 2.90 bits per heavy atom. The van der Waals surface area contributed by atoms with Crippen LogP contribution in [0.1, 0.15) is 17.8 Å². The third-order valence-corrected chi connectivity index (χ3v) is 5.43. The predicted molar refractivity (Wildman–Crippen MR) is 115 cm³/mol. The molecular formula is C22H21ClN4O4. The van der Waals surface area contributed by atoms with E-state index < -0.39 is 5.92 Å². The highest BCUT2D eigenvalue weighted by atomic mass is 35.5. The number of rotatable bonds is 6. The Bertz CT molecular complexity index is 1130. The largest absolute Gasteiger partial charge is 0.495 e. The van der Waals surface area contributed by atoms with Crippen molar-refractivity contribution >= 4 is 29.1 Å². The van der Waals surface area contributed by atoms with Crippen molar-refractivity contribution in [1.82, 2.24) is 15.5 Å². The van der Waals surface area contributed by atoms with Crippen LogP contribution in [0.4, 0.5) is 5.69 Å². The average Bonchev–Trinajstić information content (AvgIpc) is 3.39. The van der Waals surface area contributed by atoms with Crippen LogP contribution in [0, 0.1) is 12.8 Å². The van der Waals surface area contributed by atoms with Crippen LogP contribution in [0.25, 0.3) is 11.5 Å². The Balaban J connectivity index is 1.40. The van der Waals surface area contributed by atoms with Gasteiger partial charge in [-0.15, -0.1) is 0 Å². The first-order chi connectivity index (χ1) is 15.0. The number of benzene rings is 2. The summed E-state index contributed by atoms with van der Waals surface area (Å²) in [5, 5.41) is 7.21. The van der Waals surface area contributed by atoms with Crippen LogP contribution >= 0.6 is 11.6 Å². The molecule has 0 radical (unpaired) electrons. The summed E-state index contributed by atoms with van der Waals surface area (Å²) < 4.78 is 10.6. The maximum Gasteiger partial charge on any atom is 0.258 e. The highest BCUT2D eigenvalue weighted by Crippen LogP contribution is 2.35. The molecule has 3 aromatic rings. The molecule has 1 N–H and O–H groups in total. The number of carbonyl (C=O) groups excluding carboxylic acids is 2. The standard InChI is InChI=1S/C22H21ClN4O4/c1-13-5-3-4-6-16(13)22-25-19(26-31-22)11-24-21(29)14-9-20(28)27(12-14)17-10-15(23)7-8-18(17)30-2/h3-8,10,14H,9,11-12H2,1-2H3,(H,24,29)/t14-/m0/s1. The summed E-state index contributed by atoms with van der Waals surface area (Å²) in [7, 11) is 1.52. The van der Waals surface area contributed by atoms with E-state index in [2.05, 4.69) is 15.5 Å². The Morgan fingerprint density at radius 1 is 1.32 bits per heavy atom. The van der Waals surface area contributed by atoms with Gasteiger partial charge >= 0.3 is 0 Å². The Morgan fingerprint density at radius 2 is 2.13 bits per heavy atom. The zero-order valence-electron chi connectivity index (χ0n) is 17.1. The molecule has 1 aliphatic rings. The van der Waals surface area contributed by atoms with Crippen molar-refractivity contribution in [2.24, 2.45) is 5.92 Å². The van der Waals surface area contributed by atoms with Gasteiger partial charge < -0.3 is 19.5 Å². The second-order valence-corrected chi connectivity index (χ2v) is 7.71. The second-order valence-electron chi connectivity index (χ2n) is 7.27. The normalized spacial score (nSPS) is 15.9. The molecule has 1 aliphatic heterocycles. The van der Waals surface area contributed by atoms with Crippen molar-refractivity contribution in [2.75, 3.05) is 18.6 Å². The molecule has 2 amide bonds. The van der Waals surface area contributed by atoms with Crippen molar-refractivity contribution in [1.29, 1.82) is 0 Å². The molecule has 2 heterocycles. The number of aromatic nitrogens is 2. The van der Waals surface area contributed by atoms with Crippen molar-refractivity contribution in [3.05, 3.63) is 58.9 Å². The van der Waals surface area contributed by atoms with Gasteiger partial charge in [0.05, 0.1) is 25.3 Å². The van der Waals surface area contributed by atoms with Gasteiger partial charge in [0.2, 0.25) is 11.8 Å². The number of aryl methyl sites for hydroxylation is 1. The number of carbonyl (C=O) groups is 2. The summed E-state index contributed by atoms with van der Waals surface area (Å²) in [6, 6.07) is 12.7. The van der Waals surface area contributed by atoms with Crippen LogP contribution < -0.4 is 15.0 Å². The van der Waals surface area contributed by atoms with Gasteiger partial charge in [-0.2, -0.15) is 4.98 Å². The number of methoxy groups -OCH3 is 1. The van der Waals surface area contributed by atoms with E-state index in [1.165, 1.54) is 12.0 Å². The lowest BCUT2D eigenvalue weighted by atomic mass is 10.1. The minimum Gasteiger partial charge on any atom is -0.495 e. The van der Waals surface area contributed by atoms with E-state index >= 15 is 0 Å². The first-order valence-electron chi connectivity index (χ1n) is 9.76. The maximum absolute atomic E-state index is 12.7. The molecule has 2 aromatic carbocycles. The van der Waals surface area contributed by atoms with E-state index in [0.717, 1.165) is 11.1 Å². The highest BCUT2D eigenvalue weighted by molar-refractivity contribution is 6.31. The Hall–Kier alpha value is -3.39. The molecule has 8 nitrogen and oxygen atoms in total. The molecule has 0 saturated carbocycles. The van der Waals surface area contributed by atoms with Crippen LogP contribution in [0.3, 0.4) is 0 Å².